The van der Waals surface area contributed by atoms with Gasteiger partial charge in [0.1, 0.15) is 5.82 Å². The summed E-state index contributed by atoms with van der Waals surface area (Å²) in [5.41, 5.74) is 1.17. The number of rotatable bonds is 6. The van der Waals surface area contributed by atoms with Crippen molar-refractivity contribution >= 4 is 41.7 Å². The fourth-order valence-corrected chi connectivity index (χ4v) is 3.69. The second-order valence-electron chi connectivity index (χ2n) is 7.23. The van der Waals surface area contributed by atoms with Gasteiger partial charge < -0.3 is 20.4 Å². The molecule has 0 radical (unpaired) electrons. The number of likely N-dealkylation sites (tertiary alicyclic amines) is 1. The van der Waals surface area contributed by atoms with E-state index < -0.39 is 0 Å². The molecular weight excluding hydrogens is 467 g/mol. The molecule has 1 unspecified atom stereocenters. The molecule has 2 aliphatic rings. The van der Waals surface area contributed by atoms with E-state index in [0.29, 0.717) is 13.0 Å². The lowest BCUT2D eigenvalue weighted by molar-refractivity contribution is -0.129. The molecule has 2 fully saturated rings. The van der Waals surface area contributed by atoms with Crippen LogP contribution in [0.1, 0.15) is 45.1 Å². The van der Waals surface area contributed by atoms with Crippen LogP contribution in [-0.4, -0.2) is 60.5 Å². The third-order valence-corrected chi connectivity index (χ3v) is 5.19. The molecule has 2 N–H and O–H groups in total. The predicted molar refractivity (Wildman–Crippen MR) is 124 cm³/mol. The van der Waals surface area contributed by atoms with Crippen LogP contribution in [-0.2, 0) is 11.3 Å². The van der Waals surface area contributed by atoms with Gasteiger partial charge in [-0.15, -0.1) is 24.0 Å². The predicted octanol–water partition coefficient (Wildman–Crippen LogP) is 2.37. The smallest absolute Gasteiger partial charge is 0.222 e. The Morgan fingerprint density at radius 3 is 2.79 bits per heavy atom. The highest BCUT2D eigenvalue weighted by Gasteiger charge is 2.25. The number of carbonyl (C=O) groups excluding carboxylic acids is 1. The molecule has 0 spiro atoms. The number of hydrogen-bond acceptors (Lipinski definition) is 4. The Hall–Kier alpha value is -1.58. The molecule has 28 heavy (non-hydrogen) atoms. The van der Waals surface area contributed by atoms with E-state index in [2.05, 4.69) is 33.5 Å². The summed E-state index contributed by atoms with van der Waals surface area (Å²) in [7, 11) is 0. The molecule has 1 amide bonds. The molecule has 1 atom stereocenters. The second-order valence-corrected chi connectivity index (χ2v) is 7.23. The van der Waals surface area contributed by atoms with Crippen LogP contribution in [0, 0.1) is 0 Å². The number of aromatic nitrogens is 1. The molecule has 1 aromatic rings. The average molecular weight is 500 g/mol. The molecule has 7 nitrogen and oxygen atoms in total. The molecule has 0 aromatic carbocycles. The zero-order chi connectivity index (χ0) is 19.1. The van der Waals surface area contributed by atoms with Gasteiger partial charge in [-0.25, -0.2) is 9.98 Å². The SMILES string of the molecule is CCNC(=NCc1ccnc(N2CCCC2)c1)NC1CCN(C(=O)CC)C1.I. The third-order valence-electron chi connectivity index (χ3n) is 5.19. The normalized spacial score (nSPS) is 19.5. The number of anilines is 1. The highest BCUT2D eigenvalue weighted by molar-refractivity contribution is 14.0. The Labute approximate surface area is 185 Å². The van der Waals surface area contributed by atoms with Crippen LogP contribution >= 0.6 is 24.0 Å². The molecule has 8 heteroatoms. The highest BCUT2D eigenvalue weighted by atomic mass is 127. The molecule has 0 aliphatic carbocycles. The van der Waals surface area contributed by atoms with Crippen LogP contribution in [0.15, 0.2) is 23.3 Å². The maximum absolute atomic E-state index is 11.9. The highest BCUT2D eigenvalue weighted by Crippen LogP contribution is 2.18. The van der Waals surface area contributed by atoms with Gasteiger partial charge >= 0.3 is 0 Å². The van der Waals surface area contributed by atoms with E-state index in [1.165, 1.54) is 18.4 Å². The minimum atomic E-state index is 0. The molecular formula is C20H33IN6O. The summed E-state index contributed by atoms with van der Waals surface area (Å²) in [5.74, 6) is 2.10. The Morgan fingerprint density at radius 1 is 1.29 bits per heavy atom. The van der Waals surface area contributed by atoms with Crippen molar-refractivity contribution in [3.05, 3.63) is 23.9 Å². The van der Waals surface area contributed by atoms with Gasteiger partial charge in [0.25, 0.3) is 0 Å². The Kier molecular flexibility index (Phi) is 9.27. The van der Waals surface area contributed by atoms with Gasteiger partial charge in [0, 0.05) is 51.4 Å². The molecule has 2 aliphatic heterocycles. The van der Waals surface area contributed by atoms with Crippen molar-refractivity contribution in [1.29, 1.82) is 0 Å². The molecule has 156 valence electrons. The molecule has 0 saturated carbocycles. The van der Waals surface area contributed by atoms with Crippen LogP contribution in [0.3, 0.4) is 0 Å². The Bertz CT molecular complexity index is 662. The second kappa shape index (κ2) is 11.4. The number of amides is 1. The maximum atomic E-state index is 11.9. The van der Waals surface area contributed by atoms with Gasteiger partial charge in [-0.05, 0) is 43.9 Å². The number of nitrogens with one attached hydrogen (secondary N) is 2. The summed E-state index contributed by atoms with van der Waals surface area (Å²) in [6.07, 6.45) is 5.91. The summed E-state index contributed by atoms with van der Waals surface area (Å²) in [6.45, 7) is 9.18. The first-order valence-corrected chi connectivity index (χ1v) is 10.2. The summed E-state index contributed by atoms with van der Waals surface area (Å²) in [5, 5.41) is 6.80. The summed E-state index contributed by atoms with van der Waals surface area (Å²) < 4.78 is 0. The van der Waals surface area contributed by atoms with Crippen molar-refractivity contribution in [3.63, 3.8) is 0 Å². The lowest BCUT2D eigenvalue weighted by atomic mass is 10.2. The van der Waals surface area contributed by atoms with Crippen LogP contribution in [0.4, 0.5) is 5.82 Å². The van der Waals surface area contributed by atoms with E-state index in [0.717, 1.165) is 50.9 Å². The van der Waals surface area contributed by atoms with E-state index in [9.17, 15) is 4.79 Å². The maximum Gasteiger partial charge on any atom is 0.222 e. The van der Waals surface area contributed by atoms with Crippen LogP contribution in [0.25, 0.3) is 0 Å². The third kappa shape index (κ3) is 6.22. The zero-order valence-electron chi connectivity index (χ0n) is 17.0. The first-order valence-electron chi connectivity index (χ1n) is 10.2. The van der Waals surface area contributed by atoms with Gasteiger partial charge in [-0.2, -0.15) is 0 Å². The quantitative estimate of drug-likeness (QED) is 0.357. The van der Waals surface area contributed by atoms with Crippen molar-refractivity contribution < 1.29 is 4.79 Å². The van der Waals surface area contributed by atoms with Gasteiger partial charge in [-0.3, -0.25) is 4.79 Å². The van der Waals surface area contributed by atoms with Crippen LogP contribution in [0.5, 0.6) is 0 Å². The Balaban J connectivity index is 0.00000280. The van der Waals surface area contributed by atoms with Crippen molar-refractivity contribution in [3.8, 4) is 0 Å². The number of pyridine rings is 1. The van der Waals surface area contributed by atoms with E-state index >= 15 is 0 Å². The molecule has 0 bridgehead atoms. The van der Waals surface area contributed by atoms with Crippen molar-refractivity contribution in [2.24, 2.45) is 4.99 Å². The van der Waals surface area contributed by atoms with Crippen LogP contribution < -0.4 is 15.5 Å². The molecule has 2 saturated heterocycles. The topological polar surface area (TPSA) is 72.9 Å². The van der Waals surface area contributed by atoms with E-state index in [-0.39, 0.29) is 35.9 Å². The minimum absolute atomic E-state index is 0. The lowest BCUT2D eigenvalue weighted by Crippen LogP contribution is -2.45. The van der Waals surface area contributed by atoms with E-state index in [4.69, 9.17) is 4.99 Å². The van der Waals surface area contributed by atoms with Gasteiger partial charge in [-0.1, -0.05) is 6.92 Å². The monoisotopic (exact) mass is 500 g/mol. The number of carbonyl (C=O) groups is 1. The van der Waals surface area contributed by atoms with E-state index in [1.807, 2.05) is 24.1 Å². The fourth-order valence-electron chi connectivity index (χ4n) is 3.69. The van der Waals surface area contributed by atoms with Gasteiger partial charge in [0.15, 0.2) is 5.96 Å². The summed E-state index contributed by atoms with van der Waals surface area (Å²) in [4.78, 5) is 25.4. The first kappa shape index (κ1) is 22.7. The largest absolute Gasteiger partial charge is 0.357 e. The molecule has 3 heterocycles. The van der Waals surface area contributed by atoms with Gasteiger partial charge in [0.2, 0.25) is 5.91 Å². The average Bonchev–Trinajstić information content (AvgIpc) is 3.38. The van der Waals surface area contributed by atoms with Crippen molar-refractivity contribution in [2.75, 3.05) is 37.6 Å². The lowest BCUT2D eigenvalue weighted by Gasteiger charge is -2.19. The number of guanidine groups is 1. The summed E-state index contributed by atoms with van der Waals surface area (Å²) >= 11 is 0. The number of nitrogens with zero attached hydrogens (tertiary/aromatic N) is 4. The fraction of sp³-hybridized carbons (Fsp3) is 0.650. The first-order chi connectivity index (χ1) is 13.2. The standard InChI is InChI=1S/C20H32N6O.HI/c1-3-19(27)26-12-8-17(15-26)24-20(21-4-2)23-14-16-7-9-22-18(13-16)25-10-5-6-11-25;/h7,9,13,17H,3-6,8,10-12,14-15H2,1-2H3,(H2,21,23,24);1H. The van der Waals surface area contributed by atoms with Gasteiger partial charge in [0.05, 0.1) is 6.54 Å². The Morgan fingerprint density at radius 2 is 2.07 bits per heavy atom. The van der Waals surface area contributed by atoms with Crippen molar-refractivity contribution in [2.45, 2.75) is 52.1 Å². The number of halogens is 1. The number of hydrogen-bond donors (Lipinski definition) is 2. The summed E-state index contributed by atoms with van der Waals surface area (Å²) in [6, 6.07) is 4.44. The van der Waals surface area contributed by atoms with E-state index in [1.54, 1.807) is 0 Å². The zero-order valence-corrected chi connectivity index (χ0v) is 19.3. The van der Waals surface area contributed by atoms with Crippen LogP contribution in [0.2, 0.25) is 0 Å². The minimum Gasteiger partial charge on any atom is -0.357 e. The molecule has 3 rings (SSSR count). The van der Waals surface area contributed by atoms with Crippen molar-refractivity contribution in [1.82, 2.24) is 20.5 Å². The number of aliphatic imine (C=N–C) groups is 1. The molecule has 1 aromatic heterocycles.